The van der Waals surface area contributed by atoms with E-state index in [0.717, 1.165) is 30.7 Å². The molecule has 0 N–H and O–H groups in total. The Kier molecular flexibility index (Phi) is 9.44. The second-order valence-electron chi connectivity index (χ2n) is 4.77. The van der Waals surface area contributed by atoms with Crippen molar-refractivity contribution >= 4 is 0 Å². The van der Waals surface area contributed by atoms with Crippen LogP contribution < -0.4 is 12.4 Å². The summed E-state index contributed by atoms with van der Waals surface area (Å²) < 4.78 is 0.918. The average Bonchev–Trinajstić information content (AvgIpc) is 2.41. The fraction of sp³-hybridized carbons (Fsp3) is 0.222. The Morgan fingerprint density at radius 1 is 0.900 bits per heavy atom. The molecule has 1 aromatic rings. The van der Waals surface area contributed by atoms with E-state index in [1.807, 2.05) is 24.3 Å². The quantitative estimate of drug-likeness (QED) is 0.363. The molecule has 0 amide bonds. The van der Waals surface area contributed by atoms with Gasteiger partial charge in [0.25, 0.3) is 0 Å². The minimum atomic E-state index is 0. The van der Waals surface area contributed by atoms with Gasteiger partial charge in [-0.15, -0.1) is 0 Å². The number of rotatable bonds is 9. The highest BCUT2D eigenvalue weighted by molar-refractivity contribution is 5.13. The Morgan fingerprint density at radius 2 is 1.50 bits per heavy atom. The zero-order valence-electron chi connectivity index (χ0n) is 12.0. The molecular formula is C18H24ClN. The Hall–Kier alpha value is -1.57. The highest BCUT2D eigenvalue weighted by atomic mass is 35.5. The third kappa shape index (κ3) is 6.05. The second kappa shape index (κ2) is 10.2. The number of hydrogen-bond acceptors (Lipinski definition) is 0. The van der Waals surface area contributed by atoms with Gasteiger partial charge in [-0.25, -0.2) is 0 Å². The van der Waals surface area contributed by atoms with Crippen LogP contribution in [0.1, 0.15) is 5.56 Å². The monoisotopic (exact) mass is 289 g/mol. The van der Waals surface area contributed by atoms with Crippen LogP contribution in [0.5, 0.6) is 0 Å². The van der Waals surface area contributed by atoms with Gasteiger partial charge in [-0.3, -0.25) is 0 Å². The molecule has 0 unspecified atom stereocenters. The molecule has 2 heteroatoms. The first kappa shape index (κ1) is 18.4. The number of nitrogens with zero attached hydrogens (tertiary/aromatic N) is 1. The molecule has 1 rings (SSSR count). The Balaban J connectivity index is 0.00000361. The summed E-state index contributed by atoms with van der Waals surface area (Å²) in [6.45, 7) is 15.3. The zero-order valence-corrected chi connectivity index (χ0v) is 12.8. The van der Waals surface area contributed by atoms with E-state index in [4.69, 9.17) is 0 Å². The first-order chi connectivity index (χ1) is 9.26. The molecule has 0 spiro atoms. The Bertz CT molecular complexity index is 424. The van der Waals surface area contributed by atoms with Crippen LogP contribution in [0.3, 0.4) is 0 Å². The van der Waals surface area contributed by atoms with Gasteiger partial charge in [-0.2, -0.15) is 0 Å². The third-order valence-electron chi connectivity index (χ3n) is 3.16. The van der Waals surface area contributed by atoms with Gasteiger partial charge in [0.05, 0.1) is 19.6 Å². The molecule has 1 nitrogen and oxygen atoms in total. The molecule has 1 aromatic carbocycles. The van der Waals surface area contributed by atoms with E-state index in [-0.39, 0.29) is 12.4 Å². The first-order valence-corrected chi connectivity index (χ1v) is 6.65. The largest absolute Gasteiger partial charge is 1.00 e. The van der Waals surface area contributed by atoms with Crippen LogP contribution in [0.15, 0.2) is 80.4 Å². The van der Waals surface area contributed by atoms with Gasteiger partial charge in [0.2, 0.25) is 0 Å². The topological polar surface area (TPSA) is 0 Å². The summed E-state index contributed by atoms with van der Waals surface area (Å²) in [5, 5.41) is 0. The van der Waals surface area contributed by atoms with Gasteiger partial charge in [0, 0.05) is 5.56 Å². The van der Waals surface area contributed by atoms with Crippen LogP contribution in [0, 0.1) is 0 Å². The molecule has 0 bridgehead atoms. The van der Waals surface area contributed by atoms with Crippen molar-refractivity contribution in [2.45, 2.75) is 6.54 Å². The average molecular weight is 290 g/mol. The lowest BCUT2D eigenvalue weighted by molar-refractivity contribution is -0.925. The molecule has 0 fully saturated rings. The van der Waals surface area contributed by atoms with Gasteiger partial charge in [-0.1, -0.05) is 62.2 Å². The molecule has 0 aliphatic heterocycles. The predicted octanol–water partition coefficient (Wildman–Crippen LogP) is 1.12. The molecule has 0 saturated heterocycles. The van der Waals surface area contributed by atoms with E-state index in [2.05, 4.69) is 56.1 Å². The lowest BCUT2D eigenvalue weighted by atomic mass is 10.1. The molecule has 0 atom stereocenters. The van der Waals surface area contributed by atoms with E-state index in [1.54, 1.807) is 0 Å². The zero-order chi connectivity index (χ0) is 14.0. The number of quaternary nitrogens is 1. The van der Waals surface area contributed by atoms with Gasteiger partial charge in [0.1, 0.15) is 6.54 Å². The van der Waals surface area contributed by atoms with Crippen molar-refractivity contribution in [3.63, 3.8) is 0 Å². The number of benzene rings is 1. The Morgan fingerprint density at radius 3 is 2.00 bits per heavy atom. The maximum Gasteiger partial charge on any atom is 0.105 e. The van der Waals surface area contributed by atoms with Crippen LogP contribution in [0.25, 0.3) is 0 Å². The number of allylic oxidation sites excluding steroid dienone is 2. The van der Waals surface area contributed by atoms with E-state index >= 15 is 0 Å². The van der Waals surface area contributed by atoms with Crippen LogP contribution in [0.4, 0.5) is 0 Å². The maximum absolute atomic E-state index is 3.90. The molecule has 108 valence electrons. The van der Waals surface area contributed by atoms with Crippen molar-refractivity contribution in [2.75, 3.05) is 19.6 Å². The summed E-state index contributed by atoms with van der Waals surface area (Å²) in [4.78, 5) is 0. The van der Waals surface area contributed by atoms with Gasteiger partial charge in [-0.05, 0) is 18.2 Å². The maximum atomic E-state index is 3.90. The van der Waals surface area contributed by atoms with Crippen molar-refractivity contribution in [1.82, 2.24) is 0 Å². The highest BCUT2D eigenvalue weighted by Crippen LogP contribution is 2.15. The predicted molar refractivity (Wildman–Crippen MR) is 84.7 cm³/mol. The van der Waals surface area contributed by atoms with Crippen LogP contribution >= 0.6 is 0 Å². The minimum Gasteiger partial charge on any atom is -1.00 e. The number of halogens is 1. The highest BCUT2D eigenvalue weighted by Gasteiger charge is 2.23. The van der Waals surface area contributed by atoms with E-state index in [1.165, 1.54) is 5.56 Å². The summed E-state index contributed by atoms with van der Waals surface area (Å²) >= 11 is 0. The summed E-state index contributed by atoms with van der Waals surface area (Å²) in [6.07, 6.45) is 9.98. The third-order valence-corrected chi connectivity index (χ3v) is 3.16. The van der Waals surface area contributed by atoms with E-state index < -0.39 is 0 Å². The Labute approximate surface area is 129 Å². The molecule has 20 heavy (non-hydrogen) atoms. The number of hydrogen-bond donors (Lipinski definition) is 0. The van der Waals surface area contributed by atoms with E-state index in [0.29, 0.717) is 0 Å². The first-order valence-electron chi connectivity index (χ1n) is 6.65. The fourth-order valence-corrected chi connectivity index (χ4v) is 2.32. The van der Waals surface area contributed by atoms with Crippen molar-refractivity contribution in [2.24, 2.45) is 0 Å². The molecule has 0 heterocycles. The fourth-order valence-electron chi connectivity index (χ4n) is 2.32. The normalized spacial score (nSPS) is 10.8. The summed E-state index contributed by atoms with van der Waals surface area (Å²) in [7, 11) is 0. The SMILES string of the molecule is C=CC=CC[N+](CC=C)(CC=C)Cc1ccccc1.[Cl-]. The van der Waals surface area contributed by atoms with Crippen molar-refractivity contribution in [3.05, 3.63) is 86.0 Å². The van der Waals surface area contributed by atoms with Crippen LogP contribution in [-0.2, 0) is 6.54 Å². The molecule has 0 aromatic heterocycles. The molecule has 0 saturated carbocycles. The summed E-state index contributed by atoms with van der Waals surface area (Å²) in [5.41, 5.74) is 1.35. The summed E-state index contributed by atoms with van der Waals surface area (Å²) in [6, 6.07) is 10.6. The second-order valence-corrected chi connectivity index (χ2v) is 4.77. The lowest BCUT2D eigenvalue weighted by Gasteiger charge is -2.36. The standard InChI is InChI=1S/C18H24N.ClH/c1-4-7-11-16-19(14-5-2,15-6-3)17-18-12-9-8-10-13-18;/h4-13H,1-3,14-17H2;1H/q+1;/p-1. The molecule has 0 aliphatic carbocycles. The molecule has 0 aliphatic rings. The van der Waals surface area contributed by atoms with Crippen LogP contribution in [0.2, 0.25) is 0 Å². The lowest BCUT2D eigenvalue weighted by Crippen LogP contribution is -3.00. The van der Waals surface area contributed by atoms with Crippen LogP contribution in [-0.4, -0.2) is 24.1 Å². The van der Waals surface area contributed by atoms with E-state index in [9.17, 15) is 0 Å². The van der Waals surface area contributed by atoms with Gasteiger partial charge < -0.3 is 16.9 Å². The van der Waals surface area contributed by atoms with Gasteiger partial charge in [0.15, 0.2) is 0 Å². The summed E-state index contributed by atoms with van der Waals surface area (Å²) in [5.74, 6) is 0. The van der Waals surface area contributed by atoms with Crippen molar-refractivity contribution < 1.29 is 16.9 Å². The minimum absolute atomic E-state index is 0. The molecule has 0 radical (unpaired) electrons. The molecular weight excluding hydrogens is 266 g/mol. The van der Waals surface area contributed by atoms with Crippen molar-refractivity contribution in [3.8, 4) is 0 Å². The van der Waals surface area contributed by atoms with Gasteiger partial charge >= 0.3 is 0 Å². The smallest absolute Gasteiger partial charge is 0.105 e. The van der Waals surface area contributed by atoms with Crippen molar-refractivity contribution in [1.29, 1.82) is 0 Å².